The molecule has 112 valence electrons. The van der Waals surface area contributed by atoms with Gasteiger partial charge in [0.2, 0.25) is 9.70 Å². The first-order valence-corrected chi connectivity index (χ1v) is 7.58. The zero-order valence-corrected chi connectivity index (χ0v) is 13.8. The van der Waals surface area contributed by atoms with Crippen LogP contribution in [0.25, 0.3) is 0 Å². The zero-order valence-electron chi connectivity index (χ0n) is 11.6. The number of amides is 1. The van der Waals surface area contributed by atoms with Crippen molar-refractivity contribution in [3.8, 4) is 0 Å². The summed E-state index contributed by atoms with van der Waals surface area (Å²) in [7, 11) is 1.81. The number of benzene rings is 1. The molecule has 20 heavy (non-hydrogen) atoms. The van der Waals surface area contributed by atoms with E-state index in [1.165, 1.54) is 0 Å². The maximum absolute atomic E-state index is 11.7. The predicted octanol–water partition coefficient (Wildman–Crippen LogP) is 3.73. The molecular weight excluding hydrogens is 319 g/mol. The van der Waals surface area contributed by atoms with Gasteiger partial charge in [0.15, 0.2) is 0 Å². The van der Waals surface area contributed by atoms with E-state index in [0.717, 1.165) is 12.0 Å². The fraction of sp³-hybridized carbons (Fsp3) is 0.500. The van der Waals surface area contributed by atoms with Crippen LogP contribution in [-0.2, 0) is 11.3 Å². The van der Waals surface area contributed by atoms with Gasteiger partial charge < -0.3 is 5.32 Å². The highest BCUT2D eigenvalue weighted by atomic mass is 35.6. The van der Waals surface area contributed by atoms with Crippen LogP contribution < -0.4 is 5.32 Å². The second kappa shape index (κ2) is 8.08. The van der Waals surface area contributed by atoms with Gasteiger partial charge in [0.25, 0.3) is 0 Å². The molecule has 1 aromatic rings. The van der Waals surface area contributed by atoms with Crippen LogP contribution in [0.1, 0.15) is 25.3 Å². The first-order chi connectivity index (χ1) is 9.34. The van der Waals surface area contributed by atoms with Gasteiger partial charge in [-0.05, 0) is 19.0 Å². The molecule has 1 N–H and O–H groups in total. The monoisotopic (exact) mass is 336 g/mol. The molecule has 1 atom stereocenters. The van der Waals surface area contributed by atoms with Gasteiger partial charge >= 0.3 is 0 Å². The number of hydrogen-bond acceptors (Lipinski definition) is 2. The van der Waals surface area contributed by atoms with E-state index in [4.69, 9.17) is 34.8 Å². The molecule has 1 rings (SSSR count). The first-order valence-electron chi connectivity index (χ1n) is 6.44. The summed E-state index contributed by atoms with van der Waals surface area (Å²) >= 11 is 17.9. The SMILES string of the molecule is CCCC(=O)N[C@@H](N(C)Cc1ccccc1)C(Cl)(Cl)Cl. The number of carbonyl (C=O) groups is 1. The highest BCUT2D eigenvalue weighted by Gasteiger charge is 2.36. The fourth-order valence-electron chi connectivity index (χ4n) is 1.86. The Labute approximate surface area is 135 Å². The minimum atomic E-state index is -1.59. The van der Waals surface area contributed by atoms with E-state index in [-0.39, 0.29) is 5.91 Å². The summed E-state index contributed by atoms with van der Waals surface area (Å²) in [5, 5.41) is 2.77. The van der Waals surface area contributed by atoms with Gasteiger partial charge in [-0.15, -0.1) is 0 Å². The lowest BCUT2D eigenvalue weighted by molar-refractivity contribution is -0.123. The Morgan fingerprint density at radius 2 is 1.90 bits per heavy atom. The minimum Gasteiger partial charge on any atom is -0.337 e. The van der Waals surface area contributed by atoms with Crippen LogP contribution in [0.3, 0.4) is 0 Å². The largest absolute Gasteiger partial charge is 0.337 e. The van der Waals surface area contributed by atoms with Crippen molar-refractivity contribution < 1.29 is 4.79 Å². The van der Waals surface area contributed by atoms with Gasteiger partial charge in [0.1, 0.15) is 6.17 Å². The zero-order chi connectivity index (χ0) is 15.2. The number of halogens is 3. The molecule has 0 aliphatic heterocycles. The maximum Gasteiger partial charge on any atom is 0.223 e. The molecule has 0 spiro atoms. The topological polar surface area (TPSA) is 32.3 Å². The summed E-state index contributed by atoms with van der Waals surface area (Å²) in [5.74, 6) is -0.122. The average molecular weight is 338 g/mol. The number of nitrogens with one attached hydrogen (secondary N) is 1. The van der Waals surface area contributed by atoms with E-state index in [9.17, 15) is 4.79 Å². The molecule has 0 aliphatic rings. The Hall–Kier alpha value is -0.480. The molecule has 0 heterocycles. The highest BCUT2D eigenvalue weighted by molar-refractivity contribution is 6.68. The lowest BCUT2D eigenvalue weighted by atomic mass is 10.2. The van der Waals surface area contributed by atoms with Crippen LogP contribution >= 0.6 is 34.8 Å². The minimum absolute atomic E-state index is 0.122. The Morgan fingerprint density at radius 3 is 2.40 bits per heavy atom. The third-order valence-electron chi connectivity index (χ3n) is 2.80. The maximum atomic E-state index is 11.7. The third-order valence-corrected chi connectivity index (χ3v) is 3.42. The Kier molecular flexibility index (Phi) is 7.10. The molecule has 0 bridgehead atoms. The summed E-state index contributed by atoms with van der Waals surface area (Å²) < 4.78 is -1.59. The molecule has 0 radical (unpaired) electrons. The lowest BCUT2D eigenvalue weighted by Crippen LogP contribution is -2.53. The van der Waals surface area contributed by atoms with Gasteiger partial charge in [-0.3, -0.25) is 9.69 Å². The van der Waals surface area contributed by atoms with Crippen molar-refractivity contribution in [2.75, 3.05) is 7.05 Å². The predicted molar refractivity (Wildman–Crippen MR) is 85.0 cm³/mol. The van der Waals surface area contributed by atoms with Crippen LogP contribution in [0.2, 0.25) is 0 Å². The number of hydrogen-bond donors (Lipinski definition) is 1. The number of nitrogens with zero attached hydrogens (tertiary/aromatic N) is 1. The smallest absolute Gasteiger partial charge is 0.223 e. The van der Waals surface area contributed by atoms with Gasteiger partial charge in [-0.2, -0.15) is 0 Å². The second-order valence-corrected chi connectivity index (χ2v) is 7.03. The van der Waals surface area contributed by atoms with Crippen LogP contribution in [0.15, 0.2) is 30.3 Å². The Bertz CT molecular complexity index is 420. The van der Waals surface area contributed by atoms with Crippen molar-refractivity contribution in [2.24, 2.45) is 0 Å². The summed E-state index contributed by atoms with van der Waals surface area (Å²) in [6.45, 7) is 2.50. The van der Waals surface area contributed by atoms with Gasteiger partial charge in [0.05, 0.1) is 0 Å². The molecule has 0 saturated carbocycles. The molecule has 1 amide bonds. The van der Waals surface area contributed by atoms with Crippen molar-refractivity contribution >= 4 is 40.7 Å². The molecule has 0 fully saturated rings. The Morgan fingerprint density at radius 1 is 1.30 bits per heavy atom. The molecule has 3 nitrogen and oxygen atoms in total. The quantitative estimate of drug-likeness (QED) is 0.633. The van der Waals surface area contributed by atoms with Gasteiger partial charge in [-0.25, -0.2) is 0 Å². The van der Waals surface area contributed by atoms with E-state index in [1.54, 1.807) is 0 Å². The van der Waals surface area contributed by atoms with Crippen molar-refractivity contribution in [2.45, 2.75) is 36.3 Å². The average Bonchev–Trinajstić information content (AvgIpc) is 2.36. The molecular formula is C14H19Cl3N2O. The number of carbonyl (C=O) groups excluding carboxylic acids is 1. The van der Waals surface area contributed by atoms with Crippen LogP contribution in [-0.4, -0.2) is 27.8 Å². The van der Waals surface area contributed by atoms with E-state index < -0.39 is 9.96 Å². The lowest BCUT2D eigenvalue weighted by Gasteiger charge is -2.33. The summed E-state index contributed by atoms with van der Waals surface area (Å²) in [6.07, 6.45) is 0.490. The van der Waals surface area contributed by atoms with Crippen molar-refractivity contribution in [3.05, 3.63) is 35.9 Å². The van der Waals surface area contributed by atoms with E-state index >= 15 is 0 Å². The van der Waals surface area contributed by atoms with Crippen LogP contribution in [0.5, 0.6) is 0 Å². The van der Waals surface area contributed by atoms with Crippen molar-refractivity contribution in [1.82, 2.24) is 10.2 Å². The first kappa shape index (κ1) is 17.6. The standard InChI is InChI=1S/C14H19Cl3N2O/c1-3-7-12(20)18-13(14(15,16)17)19(2)10-11-8-5-4-6-9-11/h4-6,8-9,13H,3,7,10H2,1-2H3,(H,18,20)/t13-/m0/s1. The molecule has 6 heteroatoms. The summed E-state index contributed by atoms with van der Waals surface area (Å²) in [5.41, 5.74) is 1.08. The molecule has 0 aromatic heterocycles. The summed E-state index contributed by atoms with van der Waals surface area (Å²) in [4.78, 5) is 13.6. The molecule has 1 aromatic carbocycles. The van der Waals surface area contributed by atoms with E-state index in [2.05, 4.69) is 5.32 Å². The fourth-order valence-corrected chi connectivity index (χ4v) is 2.52. The van der Waals surface area contributed by atoms with E-state index in [0.29, 0.717) is 13.0 Å². The van der Waals surface area contributed by atoms with Gasteiger partial charge in [-0.1, -0.05) is 72.1 Å². The van der Waals surface area contributed by atoms with E-state index in [1.807, 2.05) is 49.2 Å². The number of rotatable bonds is 6. The van der Waals surface area contributed by atoms with Gasteiger partial charge in [0, 0.05) is 13.0 Å². The molecule has 0 aliphatic carbocycles. The van der Waals surface area contributed by atoms with Crippen LogP contribution in [0, 0.1) is 0 Å². The summed E-state index contributed by atoms with van der Waals surface area (Å²) in [6, 6.07) is 9.81. The van der Waals surface area contributed by atoms with Crippen molar-refractivity contribution in [3.63, 3.8) is 0 Å². The normalized spacial score (nSPS) is 13.3. The molecule has 0 saturated heterocycles. The molecule has 0 unspecified atom stereocenters. The second-order valence-electron chi connectivity index (χ2n) is 4.66. The Balaban J connectivity index is 2.75. The van der Waals surface area contributed by atoms with Crippen molar-refractivity contribution in [1.29, 1.82) is 0 Å². The third kappa shape index (κ3) is 5.88. The number of alkyl halides is 3. The van der Waals surface area contributed by atoms with Crippen LogP contribution in [0.4, 0.5) is 0 Å². The highest BCUT2D eigenvalue weighted by Crippen LogP contribution is 2.32.